The maximum atomic E-state index is 10.2. The zero-order valence-corrected chi connectivity index (χ0v) is 9.50. The van der Waals surface area contributed by atoms with Crippen LogP contribution in [0.3, 0.4) is 0 Å². The summed E-state index contributed by atoms with van der Waals surface area (Å²) in [5.41, 5.74) is 0. The van der Waals surface area contributed by atoms with Gasteiger partial charge in [-0.2, -0.15) is 0 Å². The minimum Gasteiger partial charge on any atom is -0.264 e. The molecular weight excluding hydrogens is 157 g/mol. The molecule has 1 radical (unpaired) electrons. The Morgan fingerprint density at radius 2 is 1.70 bits per heavy atom. The van der Waals surface area contributed by atoms with Crippen molar-refractivity contribution in [2.45, 2.75) is 38.1 Å². The number of nitrogens with zero attached hydrogens (tertiary/aromatic N) is 1. The maximum Gasteiger partial charge on any atom is 0.213 e. The van der Waals surface area contributed by atoms with Crippen molar-refractivity contribution in [3.05, 3.63) is 10.1 Å². The van der Waals surface area contributed by atoms with Crippen molar-refractivity contribution in [3.63, 3.8) is 0 Å². The van der Waals surface area contributed by atoms with Gasteiger partial charge in [0, 0.05) is 69.1 Å². The summed E-state index contributed by atoms with van der Waals surface area (Å²) in [7, 11) is 0. The first kappa shape index (κ1) is 11.0. The SMILES string of the molecule is O=[N+]([O-])C1CCCCC1.[K]. The van der Waals surface area contributed by atoms with Gasteiger partial charge in [0.15, 0.2) is 0 Å². The number of hydrogen-bond donors (Lipinski definition) is 0. The molecule has 0 N–H and O–H groups in total. The van der Waals surface area contributed by atoms with Crippen LogP contribution in [-0.2, 0) is 0 Å². The summed E-state index contributed by atoms with van der Waals surface area (Å²) in [6.07, 6.45) is 4.88. The average Bonchev–Trinajstić information content (AvgIpc) is 1.90. The maximum absolute atomic E-state index is 10.2. The zero-order valence-electron chi connectivity index (χ0n) is 6.38. The molecule has 1 aliphatic rings. The molecule has 1 saturated carbocycles. The van der Waals surface area contributed by atoms with Gasteiger partial charge in [-0.05, 0) is 12.8 Å². The second-order valence-electron chi connectivity index (χ2n) is 2.58. The molecule has 0 spiro atoms. The van der Waals surface area contributed by atoms with Crippen LogP contribution < -0.4 is 0 Å². The molecule has 0 heterocycles. The van der Waals surface area contributed by atoms with E-state index in [-0.39, 0.29) is 62.3 Å². The van der Waals surface area contributed by atoms with E-state index in [0.717, 1.165) is 25.7 Å². The summed E-state index contributed by atoms with van der Waals surface area (Å²) < 4.78 is 0. The Balaban J connectivity index is 0.000000810. The van der Waals surface area contributed by atoms with Gasteiger partial charge >= 0.3 is 0 Å². The Kier molecular flexibility index (Phi) is 6.24. The molecule has 1 rings (SSSR count). The topological polar surface area (TPSA) is 43.1 Å². The van der Waals surface area contributed by atoms with Gasteiger partial charge in [0.05, 0.1) is 0 Å². The van der Waals surface area contributed by atoms with E-state index in [4.69, 9.17) is 0 Å². The van der Waals surface area contributed by atoms with Crippen LogP contribution in [0.4, 0.5) is 0 Å². The molecule has 0 aromatic heterocycles. The predicted octanol–water partition coefficient (Wildman–Crippen LogP) is 1.21. The van der Waals surface area contributed by atoms with Crippen LogP contribution >= 0.6 is 0 Å². The van der Waals surface area contributed by atoms with Gasteiger partial charge in [0.2, 0.25) is 6.04 Å². The molecular formula is C6H11KNO2. The van der Waals surface area contributed by atoms with Crippen molar-refractivity contribution in [1.29, 1.82) is 0 Å². The molecule has 10 heavy (non-hydrogen) atoms. The fourth-order valence-corrected chi connectivity index (χ4v) is 1.29. The summed E-state index contributed by atoms with van der Waals surface area (Å²) in [4.78, 5) is 10.0. The molecule has 0 amide bonds. The standard InChI is InChI=1S/C6H11NO2.K/c8-7(9)6-4-2-1-3-5-6;/h6H,1-5H2;. The van der Waals surface area contributed by atoms with Crippen molar-refractivity contribution >= 4 is 51.4 Å². The van der Waals surface area contributed by atoms with Crippen molar-refractivity contribution in [3.8, 4) is 0 Å². The van der Waals surface area contributed by atoms with E-state index in [1.165, 1.54) is 6.42 Å². The van der Waals surface area contributed by atoms with Crippen LogP contribution in [-0.4, -0.2) is 62.3 Å². The third-order valence-corrected chi connectivity index (χ3v) is 1.87. The minimum atomic E-state index is -0.223. The van der Waals surface area contributed by atoms with Gasteiger partial charge in [0.25, 0.3) is 0 Å². The van der Waals surface area contributed by atoms with Gasteiger partial charge in [-0.15, -0.1) is 0 Å². The third kappa shape index (κ3) is 3.43. The summed E-state index contributed by atoms with van der Waals surface area (Å²) in [5, 5.41) is 10.2. The number of hydrogen-bond acceptors (Lipinski definition) is 2. The van der Waals surface area contributed by atoms with Crippen molar-refractivity contribution in [2.24, 2.45) is 0 Å². The van der Waals surface area contributed by atoms with E-state index in [0.29, 0.717) is 0 Å². The fraction of sp³-hybridized carbons (Fsp3) is 1.00. The summed E-state index contributed by atoms with van der Waals surface area (Å²) >= 11 is 0. The third-order valence-electron chi connectivity index (χ3n) is 1.87. The van der Waals surface area contributed by atoms with E-state index in [1.54, 1.807) is 0 Å². The van der Waals surface area contributed by atoms with Crippen LogP contribution in [0.15, 0.2) is 0 Å². The van der Waals surface area contributed by atoms with Gasteiger partial charge in [-0.3, -0.25) is 10.1 Å². The van der Waals surface area contributed by atoms with Crippen molar-refractivity contribution in [1.82, 2.24) is 0 Å². The minimum absolute atomic E-state index is 0. The van der Waals surface area contributed by atoms with Gasteiger partial charge in [-0.25, -0.2) is 0 Å². The number of nitro groups is 1. The first-order valence-electron chi connectivity index (χ1n) is 3.44. The zero-order chi connectivity index (χ0) is 6.69. The Labute approximate surface area is 103 Å². The largest absolute Gasteiger partial charge is 0.264 e. The van der Waals surface area contributed by atoms with Crippen molar-refractivity contribution < 1.29 is 4.92 Å². The van der Waals surface area contributed by atoms with Crippen LogP contribution in [0.2, 0.25) is 0 Å². The Morgan fingerprint density at radius 1 is 1.20 bits per heavy atom. The van der Waals surface area contributed by atoms with Crippen LogP contribution in [0.5, 0.6) is 0 Å². The molecule has 0 unspecified atom stereocenters. The smallest absolute Gasteiger partial charge is 0.213 e. The summed E-state index contributed by atoms with van der Waals surface area (Å²) in [6, 6.07) is -0.223. The quantitative estimate of drug-likeness (QED) is 0.335. The van der Waals surface area contributed by atoms with E-state index in [9.17, 15) is 10.1 Å². The predicted molar refractivity (Wildman–Crippen MR) is 39.6 cm³/mol. The molecule has 3 nitrogen and oxygen atoms in total. The molecule has 0 aromatic rings. The molecule has 1 aliphatic carbocycles. The molecule has 53 valence electrons. The second-order valence-corrected chi connectivity index (χ2v) is 2.58. The van der Waals surface area contributed by atoms with Gasteiger partial charge < -0.3 is 0 Å². The number of rotatable bonds is 1. The average molecular weight is 168 g/mol. The van der Waals surface area contributed by atoms with Crippen LogP contribution in [0, 0.1) is 10.1 Å². The summed E-state index contributed by atoms with van der Waals surface area (Å²) in [6.45, 7) is 0. The Bertz CT molecular complexity index is 112. The first-order valence-corrected chi connectivity index (χ1v) is 3.44. The molecule has 4 heteroatoms. The molecule has 0 aliphatic heterocycles. The Morgan fingerprint density at radius 3 is 2.00 bits per heavy atom. The fourth-order valence-electron chi connectivity index (χ4n) is 1.29. The van der Waals surface area contributed by atoms with Gasteiger partial charge in [0.1, 0.15) is 0 Å². The second kappa shape index (κ2) is 5.66. The van der Waals surface area contributed by atoms with Gasteiger partial charge in [-0.1, -0.05) is 6.42 Å². The van der Waals surface area contributed by atoms with E-state index >= 15 is 0 Å². The van der Waals surface area contributed by atoms with E-state index in [2.05, 4.69) is 0 Å². The first-order chi connectivity index (χ1) is 4.30. The molecule has 0 saturated heterocycles. The molecule has 0 atom stereocenters. The normalized spacial score (nSPS) is 19.6. The molecule has 1 fully saturated rings. The van der Waals surface area contributed by atoms with Crippen molar-refractivity contribution in [2.75, 3.05) is 0 Å². The monoisotopic (exact) mass is 168 g/mol. The van der Waals surface area contributed by atoms with Crippen LogP contribution in [0.1, 0.15) is 32.1 Å². The van der Waals surface area contributed by atoms with E-state index in [1.807, 2.05) is 0 Å². The molecule has 0 bridgehead atoms. The Hall–Kier alpha value is 1.04. The summed E-state index contributed by atoms with van der Waals surface area (Å²) in [5.74, 6) is 0. The molecule has 0 aromatic carbocycles. The van der Waals surface area contributed by atoms with Crippen LogP contribution in [0.25, 0.3) is 0 Å². The van der Waals surface area contributed by atoms with E-state index < -0.39 is 0 Å².